The summed E-state index contributed by atoms with van der Waals surface area (Å²) >= 11 is 0. The first-order valence-corrected chi connectivity index (χ1v) is 10.1. The van der Waals surface area contributed by atoms with E-state index in [1.807, 2.05) is 29.7 Å². The number of imidazole rings is 1. The first-order chi connectivity index (χ1) is 15.4. The van der Waals surface area contributed by atoms with Gasteiger partial charge in [0, 0.05) is 17.4 Å². The van der Waals surface area contributed by atoms with Crippen LogP contribution < -0.4 is 5.32 Å². The molecule has 6 nitrogen and oxygen atoms in total. The molecule has 162 valence electrons. The van der Waals surface area contributed by atoms with Crippen molar-refractivity contribution < 1.29 is 18.7 Å². The topological polar surface area (TPSA) is 72.7 Å². The summed E-state index contributed by atoms with van der Waals surface area (Å²) in [5.74, 6) is -0.967. The van der Waals surface area contributed by atoms with Gasteiger partial charge in [0.15, 0.2) is 0 Å². The van der Waals surface area contributed by atoms with E-state index in [0.717, 1.165) is 11.1 Å². The second-order valence-corrected chi connectivity index (χ2v) is 7.60. The Hall–Kier alpha value is -4.00. The number of rotatable bonds is 5. The van der Waals surface area contributed by atoms with Crippen LogP contribution in [0, 0.1) is 19.7 Å². The van der Waals surface area contributed by atoms with E-state index in [9.17, 15) is 14.0 Å². The SMILES string of the molecule is COC(=O)c1ccc(NC(=O)Cc2c(-c3ccc(F)c(C)c3)nc3ccc(C)cn23)cc1. The molecule has 0 spiro atoms. The van der Waals surface area contributed by atoms with Gasteiger partial charge in [-0.15, -0.1) is 0 Å². The lowest BCUT2D eigenvalue weighted by Gasteiger charge is -2.09. The number of hydrogen-bond donors (Lipinski definition) is 1. The summed E-state index contributed by atoms with van der Waals surface area (Å²) in [6.07, 6.45) is 1.99. The molecule has 2 heterocycles. The van der Waals surface area contributed by atoms with E-state index in [4.69, 9.17) is 4.98 Å². The number of aryl methyl sites for hydroxylation is 2. The van der Waals surface area contributed by atoms with Gasteiger partial charge in [-0.2, -0.15) is 0 Å². The van der Waals surface area contributed by atoms with Gasteiger partial charge in [0.2, 0.25) is 5.91 Å². The average molecular weight is 431 g/mol. The van der Waals surface area contributed by atoms with E-state index in [-0.39, 0.29) is 18.1 Å². The third-order valence-corrected chi connectivity index (χ3v) is 5.21. The van der Waals surface area contributed by atoms with Crippen molar-refractivity contribution in [1.82, 2.24) is 9.38 Å². The number of methoxy groups -OCH3 is 1. The van der Waals surface area contributed by atoms with Crippen LogP contribution in [0.4, 0.5) is 10.1 Å². The number of ether oxygens (including phenoxy) is 1. The number of amides is 1. The smallest absolute Gasteiger partial charge is 0.337 e. The minimum absolute atomic E-state index is 0.0646. The van der Waals surface area contributed by atoms with E-state index in [2.05, 4.69) is 10.1 Å². The predicted molar refractivity (Wildman–Crippen MR) is 120 cm³/mol. The highest BCUT2D eigenvalue weighted by Gasteiger charge is 2.18. The van der Waals surface area contributed by atoms with Crippen molar-refractivity contribution in [1.29, 1.82) is 0 Å². The van der Waals surface area contributed by atoms with Crippen LogP contribution in [0.25, 0.3) is 16.9 Å². The summed E-state index contributed by atoms with van der Waals surface area (Å²) in [7, 11) is 1.32. The Morgan fingerprint density at radius 1 is 1.06 bits per heavy atom. The Balaban J connectivity index is 1.66. The number of aromatic nitrogens is 2. The first kappa shape index (κ1) is 21.2. The standard InChI is InChI=1S/C25H22FN3O3/c1-15-4-11-22-28-24(18-7-10-20(26)16(2)12-18)21(29(22)14-15)13-23(30)27-19-8-5-17(6-9-19)25(31)32-3/h4-12,14H,13H2,1-3H3,(H,27,30). The molecule has 0 aliphatic rings. The maximum absolute atomic E-state index is 13.8. The third-order valence-electron chi connectivity index (χ3n) is 5.21. The van der Waals surface area contributed by atoms with Gasteiger partial charge in [-0.25, -0.2) is 14.2 Å². The number of fused-ring (bicyclic) bond motifs is 1. The second kappa shape index (κ2) is 8.63. The minimum Gasteiger partial charge on any atom is -0.465 e. The normalized spacial score (nSPS) is 10.9. The van der Waals surface area contributed by atoms with Crippen molar-refractivity contribution in [3.63, 3.8) is 0 Å². The van der Waals surface area contributed by atoms with Gasteiger partial charge in [0.05, 0.1) is 30.5 Å². The molecule has 4 aromatic rings. The number of carbonyl (C=O) groups is 2. The molecule has 0 aliphatic heterocycles. The Kier molecular flexibility index (Phi) is 5.73. The molecule has 2 aromatic heterocycles. The molecule has 0 unspecified atom stereocenters. The highest BCUT2D eigenvalue weighted by atomic mass is 19.1. The van der Waals surface area contributed by atoms with Gasteiger partial charge < -0.3 is 14.5 Å². The minimum atomic E-state index is -0.441. The van der Waals surface area contributed by atoms with Crippen LogP contribution in [0.15, 0.2) is 60.8 Å². The molecule has 2 aromatic carbocycles. The summed E-state index contributed by atoms with van der Waals surface area (Å²) in [5, 5.41) is 2.85. The lowest BCUT2D eigenvalue weighted by atomic mass is 10.1. The van der Waals surface area contributed by atoms with Crippen LogP contribution in [0.2, 0.25) is 0 Å². The van der Waals surface area contributed by atoms with E-state index < -0.39 is 5.97 Å². The summed E-state index contributed by atoms with van der Waals surface area (Å²) < 4.78 is 20.4. The Labute approximate surface area is 184 Å². The maximum Gasteiger partial charge on any atom is 0.337 e. The van der Waals surface area contributed by atoms with Crippen LogP contribution in [0.5, 0.6) is 0 Å². The third kappa shape index (κ3) is 4.23. The van der Waals surface area contributed by atoms with Crippen LogP contribution >= 0.6 is 0 Å². The van der Waals surface area contributed by atoms with Crippen molar-refractivity contribution in [2.24, 2.45) is 0 Å². The van der Waals surface area contributed by atoms with E-state index in [1.54, 1.807) is 43.3 Å². The Morgan fingerprint density at radius 3 is 2.50 bits per heavy atom. The fourth-order valence-corrected chi connectivity index (χ4v) is 3.56. The van der Waals surface area contributed by atoms with Gasteiger partial charge in [0.1, 0.15) is 11.5 Å². The lowest BCUT2D eigenvalue weighted by molar-refractivity contribution is -0.115. The van der Waals surface area contributed by atoms with Crippen molar-refractivity contribution in [2.45, 2.75) is 20.3 Å². The van der Waals surface area contributed by atoms with E-state index in [1.165, 1.54) is 13.2 Å². The largest absolute Gasteiger partial charge is 0.465 e. The van der Waals surface area contributed by atoms with E-state index in [0.29, 0.717) is 33.8 Å². The molecule has 0 atom stereocenters. The number of nitrogens with zero attached hydrogens (tertiary/aromatic N) is 2. The molecule has 0 aliphatic carbocycles. The summed E-state index contributed by atoms with van der Waals surface area (Å²) in [6.45, 7) is 3.66. The summed E-state index contributed by atoms with van der Waals surface area (Å²) in [6, 6.07) is 15.1. The number of pyridine rings is 1. The highest BCUT2D eigenvalue weighted by molar-refractivity contribution is 5.94. The van der Waals surface area contributed by atoms with Gasteiger partial charge in [-0.05, 0) is 73.5 Å². The maximum atomic E-state index is 13.8. The second-order valence-electron chi connectivity index (χ2n) is 7.60. The fourth-order valence-electron chi connectivity index (χ4n) is 3.56. The van der Waals surface area contributed by atoms with Crippen LogP contribution in [0.3, 0.4) is 0 Å². The lowest BCUT2D eigenvalue weighted by Crippen LogP contribution is -2.16. The number of halogens is 1. The number of esters is 1. The van der Waals surface area contributed by atoms with E-state index >= 15 is 0 Å². The zero-order chi connectivity index (χ0) is 22.8. The fraction of sp³-hybridized carbons (Fsp3) is 0.160. The zero-order valence-electron chi connectivity index (χ0n) is 18.0. The van der Waals surface area contributed by atoms with Crippen molar-refractivity contribution in [3.05, 3.63) is 89.0 Å². The summed E-state index contributed by atoms with van der Waals surface area (Å²) in [5.41, 5.74) is 5.29. The van der Waals surface area contributed by atoms with Gasteiger partial charge in [-0.3, -0.25) is 4.79 Å². The number of hydrogen-bond acceptors (Lipinski definition) is 4. The van der Waals surface area contributed by atoms with Gasteiger partial charge in [0.25, 0.3) is 0 Å². The number of carbonyl (C=O) groups excluding carboxylic acids is 2. The molecule has 4 rings (SSSR count). The molecule has 0 fully saturated rings. The Bertz CT molecular complexity index is 1330. The first-order valence-electron chi connectivity index (χ1n) is 10.1. The molecular weight excluding hydrogens is 409 g/mol. The van der Waals surface area contributed by atoms with Gasteiger partial charge >= 0.3 is 5.97 Å². The molecule has 0 saturated carbocycles. The monoisotopic (exact) mass is 431 g/mol. The van der Waals surface area contributed by atoms with Crippen molar-refractivity contribution in [3.8, 4) is 11.3 Å². The van der Waals surface area contributed by atoms with Crippen LogP contribution in [0.1, 0.15) is 27.2 Å². The zero-order valence-corrected chi connectivity index (χ0v) is 18.0. The molecule has 1 N–H and O–H groups in total. The van der Waals surface area contributed by atoms with Crippen molar-refractivity contribution in [2.75, 3.05) is 12.4 Å². The van der Waals surface area contributed by atoms with Crippen LogP contribution in [-0.2, 0) is 16.0 Å². The summed E-state index contributed by atoms with van der Waals surface area (Å²) in [4.78, 5) is 29.2. The Morgan fingerprint density at radius 2 is 1.81 bits per heavy atom. The number of anilines is 1. The average Bonchev–Trinajstić information content (AvgIpc) is 3.13. The molecule has 32 heavy (non-hydrogen) atoms. The molecule has 1 amide bonds. The highest BCUT2D eigenvalue weighted by Crippen LogP contribution is 2.27. The molecule has 0 bridgehead atoms. The molecule has 0 saturated heterocycles. The predicted octanol–water partition coefficient (Wildman–Crippen LogP) is 4.73. The van der Waals surface area contributed by atoms with Crippen molar-refractivity contribution >= 4 is 23.2 Å². The molecular formula is C25H22FN3O3. The quantitative estimate of drug-likeness (QED) is 0.464. The number of nitrogens with one attached hydrogen (secondary N) is 1. The molecule has 0 radical (unpaired) electrons. The van der Waals surface area contributed by atoms with Gasteiger partial charge in [-0.1, -0.05) is 6.07 Å². The molecule has 7 heteroatoms. The van der Waals surface area contributed by atoms with Crippen LogP contribution in [-0.4, -0.2) is 28.4 Å². The number of benzene rings is 2.